The molecular formula is C24H24N4O3. The van der Waals surface area contributed by atoms with Gasteiger partial charge in [0.05, 0.1) is 25.5 Å². The number of methoxy groups -OCH3 is 2. The minimum Gasteiger partial charge on any atom is -0.497 e. The molecule has 7 nitrogen and oxygen atoms in total. The number of carbonyl (C=O) groups excluding carboxylic acids is 1. The largest absolute Gasteiger partial charge is 0.497 e. The second-order valence-electron chi connectivity index (χ2n) is 7.19. The van der Waals surface area contributed by atoms with Gasteiger partial charge in [0, 0.05) is 11.8 Å². The topological polar surface area (TPSA) is 78.3 Å². The van der Waals surface area contributed by atoms with E-state index in [1.54, 1.807) is 30.1 Å². The van der Waals surface area contributed by atoms with Crippen molar-refractivity contribution in [2.45, 2.75) is 20.3 Å². The van der Waals surface area contributed by atoms with E-state index in [1.165, 1.54) is 12.7 Å². The monoisotopic (exact) mass is 416 g/mol. The molecule has 0 atom stereocenters. The highest BCUT2D eigenvalue weighted by atomic mass is 16.5. The van der Waals surface area contributed by atoms with E-state index in [2.05, 4.69) is 34.6 Å². The van der Waals surface area contributed by atoms with Gasteiger partial charge in [0.1, 0.15) is 22.5 Å². The Morgan fingerprint density at radius 3 is 2.32 bits per heavy atom. The highest BCUT2D eigenvalue weighted by Crippen LogP contribution is 2.27. The van der Waals surface area contributed by atoms with Gasteiger partial charge in [-0.15, -0.1) is 10.2 Å². The summed E-state index contributed by atoms with van der Waals surface area (Å²) >= 11 is 0. The predicted octanol–water partition coefficient (Wildman–Crippen LogP) is 4.56. The van der Waals surface area contributed by atoms with Gasteiger partial charge >= 0.3 is 0 Å². The number of anilines is 1. The van der Waals surface area contributed by atoms with Gasteiger partial charge in [-0.1, -0.05) is 19.1 Å². The van der Waals surface area contributed by atoms with Crippen LogP contribution >= 0.6 is 0 Å². The molecule has 7 heteroatoms. The number of rotatable bonds is 6. The molecule has 0 aliphatic rings. The number of nitrogens with one attached hydrogen (secondary N) is 1. The average Bonchev–Trinajstić information content (AvgIpc) is 3.21. The van der Waals surface area contributed by atoms with E-state index >= 15 is 0 Å². The third-order valence-corrected chi connectivity index (χ3v) is 5.20. The fraction of sp³-hybridized carbons (Fsp3) is 0.208. The van der Waals surface area contributed by atoms with Crippen molar-refractivity contribution < 1.29 is 14.3 Å². The summed E-state index contributed by atoms with van der Waals surface area (Å²) in [6, 6.07) is 17.0. The number of benzene rings is 3. The van der Waals surface area contributed by atoms with Crippen LogP contribution < -0.4 is 14.8 Å². The van der Waals surface area contributed by atoms with Crippen molar-refractivity contribution in [3.8, 4) is 17.2 Å². The summed E-state index contributed by atoms with van der Waals surface area (Å²) in [6.45, 7) is 4.05. The molecule has 0 saturated heterocycles. The maximum Gasteiger partial charge on any atom is 0.259 e. The van der Waals surface area contributed by atoms with E-state index in [1.807, 2.05) is 31.2 Å². The normalized spacial score (nSPS) is 10.8. The molecule has 1 heterocycles. The molecule has 1 aromatic heterocycles. The standard InChI is InChI=1S/C24H24N4O3/c1-5-16-6-8-17(9-7-16)28-26-21-12-15(2)20(14-22(21)27-28)25-24(29)19-11-10-18(30-3)13-23(19)31-4/h6-14H,5H2,1-4H3,(H,25,29). The molecule has 4 rings (SSSR count). The molecule has 1 amide bonds. The van der Waals surface area contributed by atoms with Gasteiger partial charge in [-0.25, -0.2) is 0 Å². The molecule has 158 valence electrons. The van der Waals surface area contributed by atoms with Gasteiger partial charge in [0.25, 0.3) is 5.91 Å². The van der Waals surface area contributed by atoms with Crippen LogP contribution in [0.25, 0.3) is 16.7 Å². The average molecular weight is 416 g/mol. The molecule has 0 bridgehead atoms. The molecule has 0 aliphatic carbocycles. The molecule has 0 aliphatic heterocycles. The van der Waals surface area contributed by atoms with Gasteiger partial charge in [-0.2, -0.15) is 4.80 Å². The zero-order valence-corrected chi connectivity index (χ0v) is 18.0. The molecule has 3 aromatic carbocycles. The number of hydrogen-bond acceptors (Lipinski definition) is 5. The van der Waals surface area contributed by atoms with Gasteiger partial charge < -0.3 is 14.8 Å². The minimum absolute atomic E-state index is 0.274. The van der Waals surface area contributed by atoms with Crippen LogP contribution in [0.3, 0.4) is 0 Å². The molecule has 0 saturated carbocycles. The van der Waals surface area contributed by atoms with Gasteiger partial charge in [0.15, 0.2) is 0 Å². The van der Waals surface area contributed by atoms with Crippen molar-refractivity contribution in [2.24, 2.45) is 0 Å². The Balaban J connectivity index is 1.64. The lowest BCUT2D eigenvalue weighted by atomic mass is 10.1. The highest BCUT2D eigenvalue weighted by molar-refractivity contribution is 6.07. The van der Waals surface area contributed by atoms with Crippen LogP contribution in [0.5, 0.6) is 11.5 Å². The molecular weight excluding hydrogens is 392 g/mol. The van der Waals surface area contributed by atoms with Crippen LogP contribution in [0, 0.1) is 6.92 Å². The van der Waals surface area contributed by atoms with Crippen molar-refractivity contribution in [2.75, 3.05) is 19.5 Å². The molecule has 1 N–H and O–H groups in total. The first kappa shape index (κ1) is 20.4. The van der Waals surface area contributed by atoms with Crippen LogP contribution in [-0.2, 0) is 6.42 Å². The smallest absolute Gasteiger partial charge is 0.259 e. The van der Waals surface area contributed by atoms with E-state index in [0.717, 1.165) is 23.2 Å². The molecule has 31 heavy (non-hydrogen) atoms. The van der Waals surface area contributed by atoms with Crippen LogP contribution in [0.4, 0.5) is 5.69 Å². The lowest BCUT2D eigenvalue weighted by molar-refractivity contribution is 0.102. The first-order valence-electron chi connectivity index (χ1n) is 10.0. The van der Waals surface area contributed by atoms with Gasteiger partial charge in [-0.05, 0) is 60.9 Å². The number of fused-ring (bicyclic) bond motifs is 1. The summed E-state index contributed by atoms with van der Waals surface area (Å²) in [5.41, 5.74) is 5.59. The summed E-state index contributed by atoms with van der Waals surface area (Å²) in [6.07, 6.45) is 0.982. The van der Waals surface area contributed by atoms with Crippen molar-refractivity contribution in [3.63, 3.8) is 0 Å². The third kappa shape index (κ3) is 4.07. The van der Waals surface area contributed by atoms with Crippen molar-refractivity contribution in [1.29, 1.82) is 0 Å². The predicted molar refractivity (Wildman–Crippen MR) is 120 cm³/mol. The fourth-order valence-corrected chi connectivity index (χ4v) is 3.36. The molecule has 0 fully saturated rings. The number of hydrogen-bond donors (Lipinski definition) is 1. The Hall–Kier alpha value is -3.87. The molecule has 0 spiro atoms. The van der Waals surface area contributed by atoms with Gasteiger partial charge in [0.2, 0.25) is 0 Å². The lowest BCUT2D eigenvalue weighted by Gasteiger charge is -2.12. The van der Waals surface area contributed by atoms with E-state index in [-0.39, 0.29) is 5.91 Å². The van der Waals surface area contributed by atoms with E-state index in [4.69, 9.17) is 9.47 Å². The zero-order valence-electron chi connectivity index (χ0n) is 18.0. The van der Waals surface area contributed by atoms with Crippen LogP contribution in [0.2, 0.25) is 0 Å². The Morgan fingerprint density at radius 1 is 0.968 bits per heavy atom. The molecule has 0 radical (unpaired) electrons. The fourth-order valence-electron chi connectivity index (χ4n) is 3.36. The number of aromatic nitrogens is 3. The quantitative estimate of drug-likeness (QED) is 0.498. The first-order chi connectivity index (χ1) is 15.0. The number of ether oxygens (including phenoxy) is 2. The maximum absolute atomic E-state index is 12.9. The summed E-state index contributed by atoms with van der Waals surface area (Å²) in [7, 11) is 3.09. The van der Waals surface area contributed by atoms with Crippen LogP contribution in [0.1, 0.15) is 28.4 Å². The maximum atomic E-state index is 12.9. The Morgan fingerprint density at radius 2 is 1.68 bits per heavy atom. The first-order valence-corrected chi connectivity index (χ1v) is 10.0. The summed E-state index contributed by atoms with van der Waals surface area (Å²) < 4.78 is 10.5. The zero-order chi connectivity index (χ0) is 22.0. The van der Waals surface area contributed by atoms with E-state index in [9.17, 15) is 4.79 Å². The number of aryl methyl sites for hydroxylation is 2. The van der Waals surface area contributed by atoms with E-state index < -0.39 is 0 Å². The second-order valence-corrected chi connectivity index (χ2v) is 7.19. The Kier molecular flexibility index (Phi) is 5.58. The second kappa shape index (κ2) is 8.47. The Labute approximate surface area is 180 Å². The third-order valence-electron chi connectivity index (χ3n) is 5.20. The van der Waals surface area contributed by atoms with Crippen molar-refractivity contribution >= 4 is 22.6 Å². The minimum atomic E-state index is -0.274. The highest BCUT2D eigenvalue weighted by Gasteiger charge is 2.16. The SMILES string of the molecule is CCc1ccc(-n2nc3cc(C)c(NC(=O)c4ccc(OC)cc4OC)cc3n2)cc1. The summed E-state index contributed by atoms with van der Waals surface area (Å²) in [5.74, 6) is 0.788. The molecule has 0 unspecified atom stereocenters. The number of carbonyl (C=O) groups is 1. The number of nitrogens with zero attached hydrogens (tertiary/aromatic N) is 3. The van der Waals surface area contributed by atoms with E-state index in [0.29, 0.717) is 28.3 Å². The summed E-state index contributed by atoms with van der Waals surface area (Å²) in [5, 5.41) is 12.1. The Bertz CT molecular complexity index is 1250. The van der Waals surface area contributed by atoms with Crippen molar-refractivity contribution in [1.82, 2.24) is 15.0 Å². The van der Waals surface area contributed by atoms with Crippen LogP contribution in [-0.4, -0.2) is 35.1 Å². The number of amides is 1. The van der Waals surface area contributed by atoms with Crippen LogP contribution in [0.15, 0.2) is 54.6 Å². The molecule has 4 aromatic rings. The summed E-state index contributed by atoms with van der Waals surface area (Å²) in [4.78, 5) is 14.5. The van der Waals surface area contributed by atoms with Gasteiger partial charge in [-0.3, -0.25) is 4.79 Å². The van der Waals surface area contributed by atoms with Crippen molar-refractivity contribution in [3.05, 3.63) is 71.3 Å². The lowest BCUT2D eigenvalue weighted by Crippen LogP contribution is -2.14.